The van der Waals surface area contributed by atoms with Crippen LogP contribution in [0.4, 0.5) is 0 Å². The summed E-state index contributed by atoms with van der Waals surface area (Å²) in [5, 5.41) is 0.503. The summed E-state index contributed by atoms with van der Waals surface area (Å²) in [6.45, 7) is 3.33. The summed E-state index contributed by atoms with van der Waals surface area (Å²) in [5.41, 5.74) is 0. The molecule has 0 aromatic heterocycles. The van der Waals surface area contributed by atoms with Crippen molar-refractivity contribution < 1.29 is 8.42 Å². The Kier molecular flexibility index (Phi) is 4.14. The number of rotatable bonds is 4. The van der Waals surface area contributed by atoms with E-state index in [0.29, 0.717) is 5.33 Å². The highest BCUT2D eigenvalue weighted by molar-refractivity contribution is 9.09. The van der Waals surface area contributed by atoms with Gasteiger partial charge in [-0.25, -0.2) is 8.42 Å². The van der Waals surface area contributed by atoms with E-state index in [4.69, 9.17) is 0 Å². The lowest BCUT2D eigenvalue weighted by Crippen LogP contribution is -2.09. The van der Waals surface area contributed by atoms with Gasteiger partial charge in [0, 0.05) is 5.33 Å². The average molecular weight is 213 g/mol. The Morgan fingerprint density at radius 2 is 2.11 bits per heavy atom. The lowest BCUT2D eigenvalue weighted by Gasteiger charge is -1.93. The van der Waals surface area contributed by atoms with Gasteiger partial charge in [-0.15, -0.1) is 6.58 Å². The molecule has 0 unspecified atom stereocenters. The van der Waals surface area contributed by atoms with Crippen LogP contribution in [0.5, 0.6) is 0 Å². The van der Waals surface area contributed by atoms with E-state index >= 15 is 0 Å². The topological polar surface area (TPSA) is 34.1 Å². The monoisotopic (exact) mass is 212 g/mol. The lowest BCUT2D eigenvalue weighted by molar-refractivity contribution is 0.600. The first-order valence-electron chi connectivity index (χ1n) is 2.49. The van der Waals surface area contributed by atoms with Gasteiger partial charge in [0.05, 0.1) is 11.5 Å². The first-order valence-corrected chi connectivity index (χ1v) is 5.44. The molecule has 0 amide bonds. The summed E-state index contributed by atoms with van der Waals surface area (Å²) in [5.74, 6) is 0.275. The molecule has 0 saturated heterocycles. The van der Waals surface area contributed by atoms with Crippen LogP contribution in [0.1, 0.15) is 0 Å². The van der Waals surface area contributed by atoms with Gasteiger partial charge in [0.15, 0.2) is 9.84 Å². The Balaban J connectivity index is 3.88. The predicted octanol–water partition coefficient (Wildman–Crippen LogP) is 0.982. The zero-order valence-corrected chi connectivity index (χ0v) is 7.41. The molecule has 0 saturated carbocycles. The van der Waals surface area contributed by atoms with Crippen molar-refractivity contribution in [1.29, 1.82) is 0 Å². The molecule has 0 aliphatic rings. The maximum Gasteiger partial charge on any atom is 0.154 e. The van der Waals surface area contributed by atoms with Gasteiger partial charge in [-0.1, -0.05) is 22.0 Å². The van der Waals surface area contributed by atoms with E-state index in [9.17, 15) is 8.42 Å². The molecule has 0 aromatic carbocycles. The third-order valence-corrected chi connectivity index (χ3v) is 3.25. The fraction of sp³-hybridized carbons (Fsp3) is 0.600. The highest BCUT2D eigenvalue weighted by Crippen LogP contribution is 1.92. The molecular weight excluding hydrogens is 204 g/mol. The van der Waals surface area contributed by atoms with Gasteiger partial charge in [0.1, 0.15) is 0 Å². The lowest BCUT2D eigenvalue weighted by atomic mass is 10.8. The molecule has 0 heterocycles. The third kappa shape index (κ3) is 4.66. The molecule has 0 N–H and O–H groups in total. The summed E-state index contributed by atoms with van der Waals surface area (Å²) in [7, 11) is -2.85. The molecule has 0 spiro atoms. The summed E-state index contributed by atoms with van der Waals surface area (Å²) in [6, 6.07) is 0. The van der Waals surface area contributed by atoms with Crippen LogP contribution in [0.3, 0.4) is 0 Å². The van der Waals surface area contributed by atoms with Gasteiger partial charge in [-0.05, 0) is 0 Å². The highest BCUT2D eigenvalue weighted by Gasteiger charge is 2.04. The molecule has 2 nitrogen and oxygen atoms in total. The molecule has 4 heteroatoms. The predicted molar refractivity (Wildman–Crippen MR) is 42.6 cm³/mol. The Morgan fingerprint density at radius 3 is 2.44 bits per heavy atom. The van der Waals surface area contributed by atoms with Crippen molar-refractivity contribution in [2.24, 2.45) is 0 Å². The minimum Gasteiger partial charge on any atom is -0.228 e. The van der Waals surface area contributed by atoms with Crippen LogP contribution in [0.2, 0.25) is 0 Å². The summed E-state index contributed by atoms with van der Waals surface area (Å²) in [4.78, 5) is 0. The molecule has 0 aliphatic heterocycles. The van der Waals surface area contributed by atoms with Crippen molar-refractivity contribution in [1.82, 2.24) is 0 Å². The van der Waals surface area contributed by atoms with E-state index in [2.05, 4.69) is 22.5 Å². The first kappa shape index (κ1) is 9.17. The van der Waals surface area contributed by atoms with Gasteiger partial charge in [-0.3, -0.25) is 0 Å². The Labute approximate surface area is 64.0 Å². The highest BCUT2D eigenvalue weighted by atomic mass is 79.9. The van der Waals surface area contributed by atoms with Gasteiger partial charge in [0.2, 0.25) is 0 Å². The van der Waals surface area contributed by atoms with E-state index in [0.717, 1.165) is 0 Å². The van der Waals surface area contributed by atoms with Crippen LogP contribution in [-0.4, -0.2) is 25.3 Å². The van der Waals surface area contributed by atoms with Crippen molar-refractivity contribution in [2.75, 3.05) is 16.8 Å². The second-order valence-corrected chi connectivity index (χ2v) is 4.61. The molecule has 0 fully saturated rings. The molecular formula is C5H9BrO2S. The van der Waals surface area contributed by atoms with E-state index in [1.165, 1.54) is 6.08 Å². The number of sulfone groups is 1. The molecule has 54 valence electrons. The molecule has 0 aromatic rings. The second kappa shape index (κ2) is 4.06. The van der Waals surface area contributed by atoms with E-state index in [1.807, 2.05) is 0 Å². The number of halogens is 1. The van der Waals surface area contributed by atoms with Crippen LogP contribution >= 0.6 is 15.9 Å². The van der Waals surface area contributed by atoms with Crippen molar-refractivity contribution in [3.8, 4) is 0 Å². The van der Waals surface area contributed by atoms with Crippen molar-refractivity contribution in [2.45, 2.75) is 0 Å². The zero-order chi connectivity index (χ0) is 7.33. The fourth-order valence-corrected chi connectivity index (χ4v) is 2.62. The average Bonchev–Trinajstić information content (AvgIpc) is 1.64. The quantitative estimate of drug-likeness (QED) is 0.515. The minimum absolute atomic E-state index is 0.0819. The van der Waals surface area contributed by atoms with Crippen LogP contribution in [-0.2, 0) is 9.84 Å². The third-order valence-electron chi connectivity index (χ3n) is 0.760. The van der Waals surface area contributed by atoms with Crippen molar-refractivity contribution in [3.63, 3.8) is 0 Å². The molecule has 0 aliphatic carbocycles. The van der Waals surface area contributed by atoms with Gasteiger partial charge < -0.3 is 0 Å². The molecule has 0 rings (SSSR count). The maximum atomic E-state index is 10.7. The normalized spacial score (nSPS) is 11.2. The van der Waals surface area contributed by atoms with Crippen molar-refractivity contribution in [3.05, 3.63) is 12.7 Å². The summed E-state index contributed by atoms with van der Waals surface area (Å²) >= 11 is 3.04. The zero-order valence-electron chi connectivity index (χ0n) is 5.01. The van der Waals surface area contributed by atoms with Crippen molar-refractivity contribution >= 4 is 25.8 Å². The minimum atomic E-state index is -2.85. The molecule has 0 radical (unpaired) electrons. The van der Waals surface area contributed by atoms with Gasteiger partial charge in [-0.2, -0.15) is 0 Å². The number of hydrogen-bond acceptors (Lipinski definition) is 2. The maximum absolute atomic E-state index is 10.7. The first-order chi connectivity index (χ1) is 4.12. The standard InChI is InChI=1S/C5H9BrO2S/c1-2-4-9(7,8)5-3-6/h2H,1,3-5H2. The largest absolute Gasteiger partial charge is 0.228 e. The fourth-order valence-electron chi connectivity index (χ4n) is 0.380. The molecule has 9 heavy (non-hydrogen) atoms. The van der Waals surface area contributed by atoms with Crippen LogP contribution in [0, 0.1) is 0 Å². The Bertz CT molecular complexity index is 171. The van der Waals surface area contributed by atoms with Crippen LogP contribution in [0.15, 0.2) is 12.7 Å². The van der Waals surface area contributed by atoms with E-state index < -0.39 is 9.84 Å². The number of hydrogen-bond donors (Lipinski definition) is 0. The smallest absolute Gasteiger partial charge is 0.154 e. The van der Waals surface area contributed by atoms with E-state index in [1.54, 1.807) is 0 Å². The van der Waals surface area contributed by atoms with Crippen LogP contribution < -0.4 is 0 Å². The van der Waals surface area contributed by atoms with E-state index in [-0.39, 0.29) is 11.5 Å². The molecule has 0 bridgehead atoms. The van der Waals surface area contributed by atoms with Gasteiger partial charge >= 0.3 is 0 Å². The Morgan fingerprint density at radius 1 is 1.56 bits per heavy atom. The summed E-state index contributed by atoms with van der Waals surface area (Å²) in [6.07, 6.45) is 1.40. The van der Waals surface area contributed by atoms with Crippen LogP contribution in [0.25, 0.3) is 0 Å². The number of alkyl halides is 1. The Hall–Kier alpha value is 0.170. The summed E-state index contributed by atoms with van der Waals surface area (Å²) < 4.78 is 21.5. The SMILES string of the molecule is C=CCS(=O)(=O)CCBr. The molecule has 0 atom stereocenters. The second-order valence-electron chi connectivity index (χ2n) is 1.59. The van der Waals surface area contributed by atoms with Gasteiger partial charge in [0.25, 0.3) is 0 Å².